The Balaban J connectivity index is 2.41. The molecule has 1 aromatic heterocycles. The normalized spacial score (nSPS) is 10.6. The van der Waals surface area contributed by atoms with Gasteiger partial charge in [-0.3, -0.25) is 9.48 Å². The maximum atomic E-state index is 11.7. The van der Waals surface area contributed by atoms with Gasteiger partial charge in [0.15, 0.2) is 5.69 Å². The third kappa shape index (κ3) is 1.77. The number of benzene rings is 1. The fourth-order valence-electron chi connectivity index (χ4n) is 1.63. The van der Waals surface area contributed by atoms with E-state index in [0.29, 0.717) is 5.69 Å². The number of carbonyl (C=O) groups excluding carboxylic acids is 1. The van der Waals surface area contributed by atoms with Crippen molar-refractivity contribution < 1.29 is 9.90 Å². The molecule has 2 rings (SSSR count). The fourth-order valence-corrected chi connectivity index (χ4v) is 1.63. The highest BCUT2D eigenvalue weighted by Crippen LogP contribution is 2.16. The molecule has 2 aromatic rings. The lowest BCUT2D eigenvalue weighted by Gasteiger charge is -1.99. The van der Waals surface area contributed by atoms with E-state index in [0.717, 1.165) is 10.9 Å². The van der Waals surface area contributed by atoms with Gasteiger partial charge in [-0.05, 0) is 6.07 Å². The number of para-hydroxylation sites is 1. The zero-order chi connectivity index (χ0) is 11.5. The quantitative estimate of drug-likeness (QED) is 0.780. The first-order valence-corrected chi connectivity index (χ1v) is 5.05. The maximum Gasteiger partial charge on any atom is 0.272 e. The summed E-state index contributed by atoms with van der Waals surface area (Å²) >= 11 is 0. The third-order valence-corrected chi connectivity index (χ3v) is 2.37. The SMILES string of the molecule is Cn1nc(C(=O)NCCO)c2ccccc21. The molecule has 0 bridgehead atoms. The van der Waals surface area contributed by atoms with E-state index in [1.807, 2.05) is 24.3 Å². The number of rotatable bonds is 3. The molecule has 0 unspecified atom stereocenters. The number of carbonyl (C=O) groups is 1. The van der Waals surface area contributed by atoms with Gasteiger partial charge in [0.2, 0.25) is 0 Å². The van der Waals surface area contributed by atoms with Crippen molar-refractivity contribution in [1.82, 2.24) is 15.1 Å². The summed E-state index contributed by atoms with van der Waals surface area (Å²) in [6.07, 6.45) is 0. The highest BCUT2D eigenvalue weighted by Gasteiger charge is 2.14. The smallest absolute Gasteiger partial charge is 0.272 e. The van der Waals surface area contributed by atoms with Gasteiger partial charge >= 0.3 is 0 Å². The van der Waals surface area contributed by atoms with Gasteiger partial charge in [-0.2, -0.15) is 5.10 Å². The minimum atomic E-state index is -0.258. The molecular weight excluding hydrogens is 206 g/mol. The van der Waals surface area contributed by atoms with Crippen LogP contribution in [0.15, 0.2) is 24.3 Å². The molecule has 0 aliphatic carbocycles. The highest BCUT2D eigenvalue weighted by atomic mass is 16.3. The molecule has 84 valence electrons. The molecule has 1 heterocycles. The molecule has 0 aliphatic heterocycles. The second kappa shape index (κ2) is 4.32. The molecule has 2 N–H and O–H groups in total. The van der Waals surface area contributed by atoms with Crippen LogP contribution in [-0.2, 0) is 7.05 Å². The van der Waals surface area contributed by atoms with E-state index < -0.39 is 0 Å². The van der Waals surface area contributed by atoms with Gasteiger partial charge in [0, 0.05) is 19.0 Å². The molecule has 0 fully saturated rings. The van der Waals surface area contributed by atoms with Crippen LogP contribution in [-0.4, -0.2) is 33.9 Å². The van der Waals surface area contributed by atoms with Crippen LogP contribution in [0.1, 0.15) is 10.5 Å². The minimum absolute atomic E-state index is 0.0729. The fraction of sp³-hybridized carbons (Fsp3) is 0.273. The summed E-state index contributed by atoms with van der Waals surface area (Å²) < 4.78 is 1.67. The summed E-state index contributed by atoms with van der Waals surface area (Å²) in [5.41, 5.74) is 1.31. The summed E-state index contributed by atoms with van der Waals surface area (Å²) in [5, 5.41) is 16.2. The van der Waals surface area contributed by atoms with E-state index >= 15 is 0 Å². The maximum absolute atomic E-state index is 11.7. The topological polar surface area (TPSA) is 67.2 Å². The molecule has 0 atom stereocenters. The van der Waals surface area contributed by atoms with Crippen molar-refractivity contribution in [3.8, 4) is 0 Å². The largest absolute Gasteiger partial charge is 0.395 e. The van der Waals surface area contributed by atoms with Crippen molar-refractivity contribution in [3.05, 3.63) is 30.0 Å². The number of fused-ring (bicyclic) bond motifs is 1. The summed E-state index contributed by atoms with van der Waals surface area (Å²) in [6, 6.07) is 7.54. The third-order valence-electron chi connectivity index (χ3n) is 2.37. The van der Waals surface area contributed by atoms with E-state index in [1.54, 1.807) is 11.7 Å². The highest BCUT2D eigenvalue weighted by molar-refractivity contribution is 6.04. The molecule has 1 aromatic carbocycles. The molecule has 1 amide bonds. The second-order valence-electron chi connectivity index (χ2n) is 3.47. The Morgan fingerprint density at radius 2 is 2.25 bits per heavy atom. The monoisotopic (exact) mass is 219 g/mol. The first kappa shape index (κ1) is 10.6. The number of nitrogens with zero attached hydrogens (tertiary/aromatic N) is 2. The lowest BCUT2D eigenvalue weighted by molar-refractivity contribution is 0.0940. The van der Waals surface area contributed by atoms with Crippen molar-refractivity contribution in [2.24, 2.45) is 7.05 Å². The van der Waals surface area contributed by atoms with Gasteiger partial charge < -0.3 is 10.4 Å². The Bertz CT molecular complexity index is 519. The molecule has 0 radical (unpaired) electrons. The number of aromatic nitrogens is 2. The summed E-state index contributed by atoms with van der Waals surface area (Å²) in [7, 11) is 1.80. The van der Waals surface area contributed by atoms with Crippen LogP contribution in [0.5, 0.6) is 0 Å². The van der Waals surface area contributed by atoms with Crippen molar-refractivity contribution in [2.45, 2.75) is 0 Å². The first-order chi connectivity index (χ1) is 7.74. The van der Waals surface area contributed by atoms with Gasteiger partial charge in [0.25, 0.3) is 5.91 Å². The molecular formula is C11H13N3O2. The minimum Gasteiger partial charge on any atom is -0.395 e. The Labute approximate surface area is 92.7 Å². The number of amides is 1. The summed E-state index contributed by atoms with van der Waals surface area (Å²) in [6.45, 7) is 0.167. The first-order valence-electron chi connectivity index (χ1n) is 5.05. The molecule has 0 aliphatic rings. The zero-order valence-electron chi connectivity index (χ0n) is 8.97. The van der Waals surface area contributed by atoms with Crippen LogP contribution in [0.25, 0.3) is 10.9 Å². The van der Waals surface area contributed by atoms with E-state index in [9.17, 15) is 4.79 Å². The molecule has 0 saturated heterocycles. The van der Waals surface area contributed by atoms with Crippen LogP contribution < -0.4 is 5.32 Å². The zero-order valence-corrected chi connectivity index (χ0v) is 8.97. The molecule has 16 heavy (non-hydrogen) atoms. The van der Waals surface area contributed by atoms with Crippen molar-refractivity contribution >= 4 is 16.8 Å². The van der Waals surface area contributed by atoms with E-state index in [4.69, 9.17) is 5.11 Å². The Kier molecular flexibility index (Phi) is 2.87. The number of aryl methyl sites for hydroxylation is 1. The van der Waals surface area contributed by atoms with Crippen molar-refractivity contribution in [1.29, 1.82) is 0 Å². The van der Waals surface area contributed by atoms with Crippen LogP contribution in [0.3, 0.4) is 0 Å². The molecule has 0 spiro atoms. The van der Waals surface area contributed by atoms with Crippen LogP contribution in [0, 0.1) is 0 Å². The van der Waals surface area contributed by atoms with Gasteiger partial charge in [0.1, 0.15) is 0 Å². The molecule has 5 nitrogen and oxygen atoms in total. The van der Waals surface area contributed by atoms with Gasteiger partial charge in [-0.1, -0.05) is 18.2 Å². The Morgan fingerprint density at radius 3 is 3.00 bits per heavy atom. The van der Waals surface area contributed by atoms with Crippen LogP contribution >= 0.6 is 0 Å². The number of hydrogen-bond donors (Lipinski definition) is 2. The van der Waals surface area contributed by atoms with Crippen LogP contribution in [0.4, 0.5) is 0 Å². The van der Waals surface area contributed by atoms with Crippen molar-refractivity contribution in [2.75, 3.05) is 13.2 Å². The Hall–Kier alpha value is -1.88. The van der Waals surface area contributed by atoms with Crippen molar-refractivity contribution in [3.63, 3.8) is 0 Å². The number of nitrogens with one attached hydrogen (secondary N) is 1. The average molecular weight is 219 g/mol. The number of hydrogen-bond acceptors (Lipinski definition) is 3. The van der Waals surface area contributed by atoms with Gasteiger partial charge in [-0.25, -0.2) is 0 Å². The standard InChI is InChI=1S/C11H13N3O2/c1-14-9-5-3-2-4-8(9)10(13-14)11(16)12-6-7-15/h2-5,15H,6-7H2,1H3,(H,12,16). The predicted octanol–water partition coefficient (Wildman–Crippen LogP) is 0.295. The van der Waals surface area contributed by atoms with Gasteiger partial charge in [-0.15, -0.1) is 0 Å². The molecule has 5 heteroatoms. The Morgan fingerprint density at radius 1 is 1.50 bits per heavy atom. The summed E-state index contributed by atoms with van der Waals surface area (Å²) in [5.74, 6) is -0.258. The molecule has 0 saturated carbocycles. The van der Waals surface area contributed by atoms with E-state index in [1.165, 1.54) is 0 Å². The number of aliphatic hydroxyl groups excluding tert-OH is 1. The lowest BCUT2D eigenvalue weighted by atomic mass is 10.2. The summed E-state index contributed by atoms with van der Waals surface area (Å²) in [4.78, 5) is 11.7. The second-order valence-corrected chi connectivity index (χ2v) is 3.47. The van der Waals surface area contributed by atoms with E-state index in [-0.39, 0.29) is 19.1 Å². The van der Waals surface area contributed by atoms with Gasteiger partial charge in [0.05, 0.1) is 12.1 Å². The predicted molar refractivity (Wildman–Crippen MR) is 60.1 cm³/mol. The lowest BCUT2D eigenvalue weighted by Crippen LogP contribution is -2.27. The van der Waals surface area contributed by atoms with E-state index in [2.05, 4.69) is 10.4 Å². The number of aliphatic hydroxyl groups is 1. The average Bonchev–Trinajstić information content (AvgIpc) is 2.65. The van der Waals surface area contributed by atoms with Crippen LogP contribution in [0.2, 0.25) is 0 Å².